The summed E-state index contributed by atoms with van der Waals surface area (Å²) in [6.45, 7) is 8.19. The van der Waals surface area contributed by atoms with Crippen LogP contribution in [0.3, 0.4) is 0 Å². The standard InChI is InChI=1S/C84H119N25O20/c1-6-7-16-55(74(116)104-63(83(125)126)38-47-22-24-50(110)25-23-47)99-80(122)66-21-14-35-108(66)82(124)59(28-31-68(87)112)96-69(113)43-94-79(121)65-20-13-34-107(65)81(123)58(19-12-33-92-84(88)89)100-77(119)61(37-46(4)5)103-75(117)57(27-30-67(86)111)98-76(118)60(36-45(2)3)102-73(115)56(18-10-11-32-91-54-26-29-64(109(127)128)71-70(54)105-129-106-71)97-78(120)62(40-49-42-90-44-95-49)101-72(114)52(85)39-48-41-93-53-17-9-8-15-51(48)53/h8-9,15,17,22-26,29,41-42,44-46,52,55-63,65-66,91,93,110H,6-7,10-14,16,18-21,27-28,30-40,43,85H2,1-5H3,(H2,86,111)(H2,87,112)(H,90,95)(H,94,121)(H,96,113)(H,97,120)(H,98,118)(H,99,122)(H,100,119)(H,101,114)(H,102,115)(H,103,117)(H,104,116)(H,125,126)(H4,88,89,92)/t52-,55-,56-,57-,58-,59-,60-,61-,62-,63-,65-,66-/m0/s1. The van der Waals surface area contributed by atoms with E-state index in [4.69, 9.17) is 33.0 Å². The number of imidazole rings is 1. The predicted molar refractivity (Wildman–Crippen MR) is 467 cm³/mol. The first-order chi connectivity index (χ1) is 61.5. The normalized spacial score (nSPS) is 16.0. The number of benzene rings is 3. The van der Waals surface area contributed by atoms with E-state index in [1.807, 2.05) is 31.2 Å². The lowest BCUT2D eigenvalue weighted by Crippen LogP contribution is -2.60. The van der Waals surface area contributed by atoms with Crippen molar-refractivity contribution < 1.29 is 91.7 Å². The highest BCUT2D eigenvalue weighted by Crippen LogP contribution is 2.30. The molecule has 12 atom stereocenters. The van der Waals surface area contributed by atoms with Crippen LogP contribution in [0.5, 0.6) is 5.75 Å². The van der Waals surface area contributed by atoms with Crippen LogP contribution in [0.2, 0.25) is 0 Å². The Labute approximate surface area is 742 Å². The van der Waals surface area contributed by atoms with Gasteiger partial charge in [-0.25, -0.2) is 14.4 Å². The molecular weight excluding hydrogens is 1680 g/mol. The Morgan fingerprint density at radius 3 is 1.68 bits per heavy atom. The summed E-state index contributed by atoms with van der Waals surface area (Å²) in [5.41, 5.74) is 25.6. The lowest BCUT2D eigenvalue weighted by atomic mass is 9.99. The van der Waals surface area contributed by atoms with Crippen molar-refractivity contribution in [2.24, 2.45) is 34.8 Å². The van der Waals surface area contributed by atoms with Crippen LogP contribution < -0.4 is 86.7 Å². The van der Waals surface area contributed by atoms with Crippen molar-refractivity contribution >= 4 is 128 Å². The van der Waals surface area contributed by atoms with Gasteiger partial charge < -0.3 is 117 Å². The van der Waals surface area contributed by atoms with Crippen LogP contribution in [0, 0.1) is 27.4 Å². The maximum atomic E-state index is 15.0. The number of fused-ring (bicyclic) bond motifs is 2. The number of phenolic OH excluding ortho intramolecular Hbond substituents is 1. The molecule has 2 aliphatic rings. The molecule has 0 saturated carbocycles. The zero-order valence-corrected chi connectivity index (χ0v) is 72.7. The van der Waals surface area contributed by atoms with E-state index in [1.165, 1.54) is 58.7 Å². The van der Waals surface area contributed by atoms with Crippen molar-refractivity contribution in [2.75, 3.05) is 38.0 Å². The number of unbranched alkanes of at least 4 members (excludes halogenated alkanes) is 2. The Balaban J connectivity index is 0.945. The SMILES string of the molecule is CCCC[C@H](NC(=O)[C@@H]1CCCN1C(=O)[C@H](CCC(N)=O)NC(=O)CNC(=O)[C@@H]1CCCN1C(=O)[C@H](CCCNC(=N)N)NC(=O)[C@H](CC(C)C)NC(=O)[C@H](CCC(N)=O)NC(=O)[C@H](CC(C)C)NC(=O)[C@H](CCCCNc1ccc([N+](=O)[O-])c2nonc12)NC(=O)[C@H](Cc1c[nH]cn1)NC(=O)[C@@H](N)Cc1c[nH]c2ccccc12)C(=O)N[C@@H](Cc1ccc(O)cc1)C(=O)O. The van der Waals surface area contributed by atoms with Gasteiger partial charge in [0.25, 0.3) is 0 Å². The second kappa shape index (κ2) is 49.3. The number of H-pyrrole nitrogens is 2. The van der Waals surface area contributed by atoms with Gasteiger partial charge in [0.2, 0.25) is 88.2 Å². The fourth-order valence-electron chi connectivity index (χ4n) is 15.3. The number of phenols is 1. The van der Waals surface area contributed by atoms with Gasteiger partial charge in [-0.1, -0.05) is 77.8 Å². The molecule has 0 bridgehead atoms. The third-order valence-corrected chi connectivity index (χ3v) is 22.0. The average molecular weight is 1800 g/mol. The van der Waals surface area contributed by atoms with Gasteiger partial charge in [0.1, 0.15) is 72.2 Å². The van der Waals surface area contributed by atoms with E-state index < -0.39 is 198 Å². The number of para-hydroxylation sites is 1. The number of nitrogens with zero attached hydrogens (tertiary/aromatic N) is 6. The molecule has 129 heavy (non-hydrogen) atoms. The Hall–Kier alpha value is -13.9. The maximum Gasteiger partial charge on any atom is 0.326 e. The summed E-state index contributed by atoms with van der Waals surface area (Å²) in [5.74, 6) is -14.5. The molecule has 0 spiro atoms. The molecule has 45 nitrogen and oxygen atoms in total. The van der Waals surface area contributed by atoms with Crippen LogP contribution in [-0.4, -0.2) is 250 Å². The topological polar surface area (TPSA) is 702 Å². The summed E-state index contributed by atoms with van der Waals surface area (Å²) in [7, 11) is 0. The van der Waals surface area contributed by atoms with E-state index in [0.717, 1.165) is 16.5 Å². The van der Waals surface area contributed by atoms with Gasteiger partial charge in [0.15, 0.2) is 11.5 Å². The fourth-order valence-corrected chi connectivity index (χ4v) is 15.3. The van der Waals surface area contributed by atoms with Crippen LogP contribution in [0.25, 0.3) is 21.9 Å². The molecule has 3 aromatic heterocycles. The van der Waals surface area contributed by atoms with Crippen molar-refractivity contribution in [3.05, 3.63) is 106 Å². The number of nitro benzene ring substituents is 1. The van der Waals surface area contributed by atoms with Gasteiger partial charge in [-0.2, -0.15) is 0 Å². The number of hydrogen-bond acceptors (Lipinski definition) is 25. The molecule has 14 amide bonds. The molecule has 0 aliphatic carbocycles. The number of nitrogens with one attached hydrogen (secondary N) is 15. The molecule has 2 saturated heterocycles. The van der Waals surface area contributed by atoms with Crippen molar-refractivity contribution in [3.8, 4) is 5.75 Å². The summed E-state index contributed by atoms with van der Waals surface area (Å²) < 4.78 is 4.81. The number of guanidine groups is 1. The fraction of sp³-hybridized carbons (Fsp3) is 0.536. The molecule has 0 unspecified atom stereocenters. The number of likely N-dealkylation sites (tertiary alicyclic amines) is 2. The van der Waals surface area contributed by atoms with Gasteiger partial charge in [-0.3, -0.25) is 82.6 Å². The zero-order chi connectivity index (χ0) is 94.1. The monoisotopic (exact) mass is 1800 g/mol. The zero-order valence-electron chi connectivity index (χ0n) is 72.7. The number of aromatic amines is 2. The van der Waals surface area contributed by atoms with Crippen LogP contribution in [-0.2, 0) is 91.2 Å². The van der Waals surface area contributed by atoms with Gasteiger partial charge in [0, 0.05) is 81.2 Å². The summed E-state index contributed by atoms with van der Waals surface area (Å²) in [4.78, 5) is 235. The summed E-state index contributed by atoms with van der Waals surface area (Å²) >= 11 is 0. The number of nitro groups is 1. The minimum Gasteiger partial charge on any atom is -0.508 e. The molecule has 45 heteroatoms. The molecule has 2 aliphatic heterocycles. The molecule has 8 rings (SSSR count). The van der Waals surface area contributed by atoms with Gasteiger partial charge in [-0.05, 0) is 154 Å². The average Bonchev–Trinajstić information content (AvgIpc) is 1.69. The third kappa shape index (κ3) is 30.7. The summed E-state index contributed by atoms with van der Waals surface area (Å²) in [6.07, 6.45) is 4.62. The Kier molecular flexibility index (Phi) is 38.4. The highest BCUT2D eigenvalue weighted by molar-refractivity contribution is 6.01. The number of anilines is 1. The van der Waals surface area contributed by atoms with Crippen molar-refractivity contribution in [2.45, 2.75) is 242 Å². The highest BCUT2D eigenvalue weighted by atomic mass is 16.6. The van der Waals surface area contributed by atoms with Crippen LogP contribution >= 0.6 is 0 Å². The van der Waals surface area contributed by atoms with Crippen molar-refractivity contribution in [3.63, 3.8) is 0 Å². The molecule has 2 fully saturated rings. The van der Waals surface area contributed by atoms with Crippen LogP contribution in [0.4, 0.5) is 11.4 Å². The minimum absolute atomic E-state index is 0.00494. The number of carboxylic acids is 1. The first-order valence-electron chi connectivity index (χ1n) is 43.2. The smallest absolute Gasteiger partial charge is 0.326 e. The number of primary amides is 2. The number of aromatic hydroxyl groups is 1. The molecule has 5 heterocycles. The number of amides is 14. The second-order valence-electron chi connectivity index (χ2n) is 33.0. The highest BCUT2D eigenvalue weighted by Gasteiger charge is 2.43. The second-order valence-corrected chi connectivity index (χ2v) is 33.0. The van der Waals surface area contributed by atoms with Crippen LogP contribution in [0.15, 0.2) is 84.0 Å². The molecule has 0 radical (unpaired) electrons. The lowest BCUT2D eigenvalue weighted by molar-refractivity contribution is -0.383. The molecule has 6 aromatic rings. The number of rotatable bonds is 53. The number of carboxylic acid groups (broad SMARTS) is 1. The molecule has 700 valence electrons. The first-order valence-corrected chi connectivity index (χ1v) is 43.2. The Morgan fingerprint density at radius 1 is 0.574 bits per heavy atom. The number of nitrogens with two attached hydrogens (primary N) is 4. The number of carbonyl (C=O) groups excluding carboxylic acids is 14. The lowest BCUT2D eigenvalue weighted by Gasteiger charge is -2.31. The number of hydrogen-bond donors (Lipinski definition) is 21. The van der Waals surface area contributed by atoms with Crippen molar-refractivity contribution in [1.29, 1.82) is 5.41 Å². The summed E-state index contributed by atoms with van der Waals surface area (Å²) in [5, 5.41) is 79.9. The Bertz CT molecular complexity index is 4920. The number of non-ortho nitro benzene ring substituents is 1. The first kappa shape index (κ1) is 101. The van der Waals surface area contributed by atoms with Crippen molar-refractivity contribution in [1.82, 2.24) is 93.5 Å². The number of aliphatic carboxylic acids is 1. The Morgan fingerprint density at radius 2 is 1.10 bits per heavy atom. The molecule has 3 aromatic carbocycles. The van der Waals surface area contributed by atoms with E-state index >= 15 is 4.79 Å². The third-order valence-electron chi connectivity index (χ3n) is 22.0. The van der Waals surface area contributed by atoms with E-state index in [2.05, 4.69) is 89.1 Å². The maximum absolute atomic E-state index is 15.0. The number of carbonyl (C=O) groups is 15. The minimum atomic E-state index is -1.65. The van der Waals surface area contributed by atoms with E-state index in [1.54, 1.807) is 33.9 Å². The van der Waals surface area contributed by atoms with Crippen LogP contribution in [0.1, 0.15) is 167 Å². The largest absolute Gasteiger partial charge is 0.508 e. The van der Waals surface area contributed by atoms with Gasteiger partial charge in [-0.15, -0.1) is 0 Å². The summed E-state index contributed by atoms with van der Waals surface area (Å²) in [6, 6.07) is -0.900. The van der Waals surface area contributed by atoms with E-state index in [0.29, 0.717) is 36.2 Å². The predicted octanol–water partition coefficient (Wildman–Crippen LogP) is -0.699. The van der Waals surface area contributed by atoms with Gasteiger partial charge in [0.05, 0.1) is 35.2 Å². The number of aromatic nitrogens is 5. The molecular formula is C84H119N25O20. The quantitative estimate of drug-likeness (QED) is 0.00738. The van der Waals surface area contributed by atoms with E-state index in [9.17, 15) is 87.5 Å². The molecule has 25 N–H and O–H groups in total. The van der Waals surface area contributed by atoms with Gasteiger partial charge >= 0.3 is 11.7 Å². The van der Waals surface area contributed by atoms with E-state index in [-0.39, 0.29) is 157 Å².